The number of benzene rings is 2. The summed E-state index contributed by atoms with van der Waals surface area (Å²) >= 11 is 0. The molecule has 1 saturated heterocycles. The molecule has 1 aliphatic heterocycles. The van der Waals surface area contributed by atoms with E-state index < -0.39 is 17.5 Å². The van der Waals surface area contributed by atoms with Crippen molar-refractivity contribution >= 4 is 17.8 Å². The monoisotopic (exact) mass is 379 g/mol. The van der Waals surface area contributed by atoms with Crippen molar-refractivity contribution in [1.82, 2.24) is 10.2 Å². The molecule has 2 aromatic carbocycles. The number of carbonyl (C=O) groups is 3. The summed E-state index contributed by atoms with van der Waals surface area (Å²) in [4.78, 5) is 38.3. The highest BCUT2D eigenvalue weighted by Crippen LogP contribution is 2.30. The lowest BCUT2D eigenvalue weighted by atomic mass is 9.86. The van der Waals surface area contributed by atoms with Crippen LogP contribution >= 0.6 is 0 Å². The Hall–Kier alpha value is -3.15. The summed E-state index contributed by atoms with van der Waals surface area (Å²) in [5.74, 6) is -0.947. The van der Waals surface area contributed by atoms with E-state index in [4.69, 9.17) is 5.73 Å². The second-order valence-electron chi connectivity index (χ2n) is 8.34. The number of hydrogen-bond acceptors (Lipinski definition) is 3. The van der Waals surface area contributed by atoms with Crippen molar-refractivity contribution < 1.29 is 14.4 Å². The normalized spacial score (nSPS) is 19.6. The number of primary amides is 1. The van der Waals surface area contributed by atoms with E-state index in [1.807, 2.05) is 24.3 Å². The zero-order valence-electron chi connectivity index (χ0n) is 16.6. The molecular formula is C22H25N3O3. The van der Waals surface area contributed by atoms with Gasteiger partial charge in [-0.15, -0.1) is 0 Å². The van der Waals surface area contributed by atoms with E-state index >= 15 is 0 Å². The second kappa shape index (κ2) is 6.78. The summed E-state index contributed by atoms with van der Waals surface area (Å²) in [5, 5.41) is 2.75. The molecule has 1 aliphatic rings. The summed E-state index contributed by atoms with van der Waals surface area (Å²) in [5.41, 5.74) is 6.99. The first-order chi connectivity index (χ1) is 13.0. The molecule has 4 amide bonds. The van der Waals surface area contributed by atoms with Crippen LogP contribution in [0.25, 0.3) is 0 Å². The van der Waals surface area contributed by atoms with E-state index in [1.54, 1.807) is 31.2 Å². The fourth-order valence-electron chi connectivity index (χ4n) is 3.31. The van der Waals surface area contributed by atoms with Gasteiger partial charge in [0.1, 0.15) is 5.54 Å². The first kappa shape index (κ1) is 19.6. The summed E-state index contributed by atoms with van der Waals surface area (Å²) < 4.78 is 0. The minimum atomic E-state index is -1.24. The largest absolute Gasteiger partial charge is 0.366 e. The topological polar surface area (TPSA) is 92.5 Å². The molecule has 3 rings (SSSR count). The third kappa shape index (κ3) is 3.50. The van der Waals surface area contributed by atoms with Crippen LogP contribution in [0.1, 0.15) is 54.7 Å². The van der Waals surface area contributed by atoms with Gasteiger partial charge in [0.15, 0.2) is 0 Å². The lowest BCUT2D eigenvalue weighted by molar-refractivity contribution is -0.131. The lowest BCUT2D eigenvalue weighted by Crippen LogP contribution is -2.41. The highest BCUT2D eigenvalue weighted by molar-refractivity contribution is 6.07. The minimum absolute atomic E-state index is 0.0311. The van der Waals surface area contributed by atoms with Gasteiger partial charge in [-0.3, -0.25) is 14.5 Å². The molecule has 1 atom stereocenters. The molecule has 0 spiro atoms. The van der Waals surface area contributed by atoms with Crippen molar-refractivity contribution in [2.45, 2.75) is 45.2 Å². The number of nitrogens with two attached hydrogens (primary N) is 1. The van der Waals surface area contributed by atoms with Crippen LogP contribution in [0.4, 0.5) is 4.79 Å². The van der Waals surface area contributed by atoms with Crippen molar-refractivity contribution in [3.05, 3.63) is 70.8 Å². The first-order valence-corrected chi connectivity index (χ1v) is 9.16. The lowest BCUT2D eigenvalue weighted by Gasteiger charge is -2.23. The van der Waals surface area contributed by atoms with Gasteiger partial charge in [0, 0.05) is 5.56 Å². The van der Waals surface area contributed by atoms with Crippen LogP contribution < -0.4 is 11.1 Å². The summed E-state index contributed by atoms with van der Waals surface area (Å²) in [6.45, 7) is 8.21. The van der Waals surface area contributed by atoms with Crippen LogP contribution in [0.3, 0.4) is 0 Å². The van der Waals surface area contributed by atoms with E-state index in [0.717, 1.165) is 5.56 Å². The number of urea groups is 1. The second-order valence-corrected chi connectivity index (χ2v) is 8.34. The van der Waals surface area contributed by atoms with Crippen molar-refractivity contribution in [3.8, 4) is 0 Å². The Balaban J connectivity index is 1.85. The number of imide groups is 1. The van der Waals surface area contributed by atoms with Crippen LogP contribution in [0, 0.1) is 0 Å². The molecule has 1 heterocycles. The van der Waals surface area contributed by atoms with Gasteiger partial charge in [-0.1, -0.05) is 57.2 Å². The van der Waals surface area contributed by atoms with E-state index in [1.165, 1.54) is 10.5 Å². The SMILES string of the molecule is CC(C)(C)c1ccc(CN2C(=O)NC(C)(c3cccc(C(N)=O)c3)C2=O)cc1. The van der Waals surface area contributed by atoms with Gasteiger partial charge >= 0.3 is 6.03 Å². The molecule has 0 bridgehead atoms. The smallest absolute Gasteiger partial charge is 0.325 e. The molecule has 0 aliphatic carbocycles. The van der Waals surface area contributed by atoms with E-state index in [2.05, 4.69) is 26.1 Å². The van der Waals surface area contributed by atoms with Crippen molar-refractivity contribution in [3.63, 3.8) is 0 Å². The number of amides is 4. The van der Waals surface area contributed by atoms with Gasteiger partial charge in [0.2, 0.25) is 5.91 Å². The summed E-state index contributed by atoms with van der Waals surface area (Å²) in [6, 6.07) is 13.9. The first-order valence-electron chi connectivity index (χ1n) is 9.16. The Morgan fingerprint density at radius 2 is 1.75 bits per heavy atom. The van der Waals surface area contributed by atoms with Crippen LogP contribution in [0.15, 0.2) is 48.5 Å². The van der Waals surface area contributed by atoms with E-state index in [0.29, 0.717) is 5.56 Å². The van der Waals surface area contributed by atoms with E-state index in [-0.39, 0.29) is 23.4 Å². The van der Waals surface area contributed by atoms with Crippen LogP contribution in [0.5, 0.6) is 0 Å². The van der Waals surface area contributed by atoms with Crippen molar-refractivity contribution in [2.24, 2.45) is 5.73 Å². The quantitative estimate of drug-likeness (QED) is 0.800. The molecular weight excluding hydrogens is 354 g/mol. The van der Waals surface area contributed by atoms with Crippen LogP contribution in [-0.2, 0) is 22.3 Å². The molecule has 2 aromatic rings. The van der Waals surface area contributed by atoms with Gasteiger partial charge in [-0.25, -0.2) is 4.79 Å². The molecule has 1 unspecified atom stereocenters. The zero-order chi connectivity index (χ0) is 20.7. The average Bonchev–Trinajstić information content (AvgIpc) is 2.86. The maximum Gasteiger partial charge on any atom is 0.325 e. The summed E-state index contributed by atoms with van der Waals surface area (Å²) in [7, 11) is 0. The maximum absolute atomic E-state index is 13.1. The third-order valence-electron chi connectivity index (χ3n) is 5.16. The summed E-state index contributed by atoms with van der Waals surface area (Å²) in [6.07, 6.45) is 0. The van der Waals surface area contributed by atoms with Crippen molar-refractivity contribution in [1.29, 1.82) is 0 Å². The Bertz CT molecular complexity index is 944. The maximum atomic E-state index is 13.1. The Morgan fingerprint density at radius 3 is 2.32 bits per heavy atom. The Labute approximate surface area is 164 Å². The minimum Gasteiger partial charge on any atom is -0.366 e. The fourth-order valence-corrected chi connectivity index (χ4v) is 3.31. The molecule has 146 valence electrons. The molecule has 1 fully saturated rings. The highest BCUT2D eigenvalue weighted by atomic mass is 16.2. The average molecular weight is 379 g/mol. The number of hydrogen-bond donors (Lipinski definition) is 2. The number of nitrogens with zero attached hydrogens (tertiary/aromatic N) is 1. The number of nitrogens with one attached hydrogen (secondary N) is 1. The van der Waals surface area contributed by atoms with E-state index in [9.17, 15) is 14.4 Å². The van der Waals surface area contributed by atoms with Gasteiger partial charge in [0.25, 0.3) is 5.91 Å². The van der Waals surface area contributed by atoms with Gasteiger partial charge < -0.3 is 11.1 Å². The van der Waals surface area contributed by atoms with Gasteiger partial charge in [-0.2, -0.15) is 0 Å². The number of carbonyl (C=O) groups excluding carboxylic acids is 3. The standard InChI is InChI=1S/C22H25N3O3/c1-21(2,3)16-10-8-14(9-11-16)13-25-19(27)22(4,24-20(25)28)17-7-5-6-15(12-17)18(23)26/h5-12H,13H2,1-4H3,(H2,23,26)(H,24,28). The zero-order valence-corrected chi connectivity index (χ0v) is 16.6. The molecule has 6 heteroatoms. The van der Waals surface area contributed by atoms with Crippen LogP contribution in [-0.4, -0.2) is 22.7 Å². The fraction of sp³-hybridized carbons (Fsp3) is 0.318. The predicted molar refractivity (Wildman–Crippen MR) is 107 cm³/mol. The van der Waals surface area contributed by atoms with Crippen LogP contribution in [0.2, 0.25) is 0 Å². The number of rotatable bonds is 4. The Morgan fingerprint density at radius 1 is 1.11 bits per heavy atom. The molecule has 0 saturated carbocycles. The molecule has 0 radical (unpaired) electrons. The highest BCUT2D eigenvalue weighted by Gasteiger charge is 2.49. The molecule has 28 heavy (non-hydrogen) atoms. The third-order valence-corrected chi connectivity index (χ3v) is 5.16. The molecule has 0 aromatic heterocycles. The Kier molecular flexibility index (Phi) is 4.75. The van der Waals surface area contributed by atoms with Crippen molar-refractivity contribution in [2.75, 3.05) is 0 Å². The van der Waals surface area contributed by atoms with Gasteiger partial charge in [-0.05, 0) is 41.2 Å². The molecule has 3 N–H and O–H groups in total. The molecule has 6 nitrogen and oxygen atoms in total. The predicted octanol–water partition coefficient (Wildman–Crippen LogP) is 3.05. The van der Waals surface area contributed by atoms with Gasteiger partial charge in [0.05, 0.1) is 6.54 Å².